The lowest BCUT2D eigenvalue weighted by Gasteiger charge is -2.11. The van der Waals surface area contributed by atoms with Crippen LogP contribution >= 0.6 is 0 Å². The minimum absolute atomic E-state index is 0.408. The Kier molecular flexibility index (Phi) is 39.0. The zero-order chi connectivity index (χ0) is 88.0. The Bertz CT molecular complexity index is 5120. The van der Waals surface area contributed by atoms with Crippen LogP contribution in [0.25, 0.3) is 0 Å². The number of allylic oxidation sites excluding steroid dienone is 16. The lowest BCUT2D eigenvalue weighted by Crippen LogP contribution is -2.03. The SMILES string of the molecule is CCC/C=C/C/C=C/CCCCCCCc1cccc(Oc2ccc3c(c2)C2=NC3=NC3=NC(=NC4=NC(=NC5=NC(=N2)c2cc(Oc6cccc(CCCCCCC/C=C/C/C=C/CCC)c6)ccc25)c2ccc(Oc5cccc(CCCCCCC/C=C/C/C=C/CCC)c5)cc24)c2cc(Oc4cccc(CCCCCCC/C=C/C/C=C/CCC)c4)ccc23)c1. The Labute approximate surface area is 765 Å². The Balaban J connectivity index is 0.787. The van der Waals surface area contributed by atoms with Gasteiger partial charge in [0.25, 0.3) is 0 Å². The molecule has 5 aliphatic heterocycles. The first kappa shape index (κ1) is 93.9. The number of aliphatic imine (C=N–C) groups is 8. The van der Waals surface area contributed by atoms with E-state index in [0.29, 0.717) is 69.7 Å². The van der Waals surface area contributed by atoms with Crippen LogP contribution in [0.5, 0.6) is 46.0 Å². The summed E-state index contributed by atoms with van der Waals surface area (Å²) in [6.07, 6.45) is 83.0. The van der Waals surface area contributed by atoms with E-state index in [1.807, 2.05) is 97.1 Å². The van der Waals surface area contributed by atoms with Gasteiger partial charge in [-0.15, -0.1) is 0 Å². The zero-order valence-corrected chi connectivity index (χ0v) is 76.9. The molecule has 0 atom stereocenters. The van der Waals surface area contributed by atoms with Gasteiger partial charge in [0, 0.05) is 44.5 Å². The molecule has 128 heavy (non-hydrogen) atoms. The van der Waals surface area contributed by atoms with Gasteiger partial charge in [-0.25, -0.2) is 39.9 Å². The topological polar surface area (TPSA) is 136 Å². The van der Waals surface area contributed by atoms with Gasteiger partial charge >= 0.3 is 0 Å². The summed E-state index contributed by atoms with van der Waals surface area (Å²) in [6, 6.07) is 58.2. The molecule has 8 bridgehead atoms. The predicted octanol–water partition coefficient (Wildman–Crippen LogP) is 32.7. The molecule has 0 amide bonds. The maximum absolute atomic E-state index is 6.84. The molecular weight excluding hydrogens is 1570 g/mol. The first-order valence-corrected chi connectivity index (χ1v) is 48.9. The van der Waals surface area contributed by atoms with Crippen LogP contribution in [0.15, 0.2) is 307 Å². The van der Waals surface area contributed by atoms with E-state index in [-0.39, 0.29) is 0 Å². The maximum atomic E-state index is 6.84. The van der Waals surface area contributed by atoms with Crippen molar-refractivity contribution in [3.8, 4) is 46.0 Å². The highest BCUT2D eigenvalue weighted by atomic mass is 16.5. The van der Waals surface area contributed by atoms with Gasteiger partial charge in [-0.1, -0.05) is 276 Å². The summed E-state index contributed by atoms with van der Waals surface area (Å²) in [4.78, 5) is 43.4. The summed E-state index contributed by atoms with van der Waals surface area (Å²) in [6.45, 7) is 8.90. The van der Waals surface area contributed by atoms with Gasteiger partial charge in [0.1, 0.15) is 46.0 Å². The van der Waals surface area contributed by atoms with Crippen LogP contribution < -0.4 is 18.9 Å². The molecule has 0 aromatic heterocycles. The molecule has 664 valence electrons. The molecule has 0 saturated heterocycles. The van der Waals surface area contributed by atoms with Crippen LogP contribution in [-0.4, -0.2) is 46.7 Å². The summed E-state index contributed by atoms with van der Waals surface area (Å²) < 4.78 is 27.3. The summed E-state index contributed by atoms with van der Waals surface area (Å²) in [5.41, 5.74) is 10.9. The summed E-state index contributed by atoms with van der Waals surface area (Å²) in [7, 11) is 0. The molecule has 13 rings (SSSR count). The van der Waals surface area contributed by atoms with Gasteiger partial charge in [0.2, 0.25) is 0 Å². The Hall–Kier alpha value is -11.8. The number of nitrogens with zero attached hydrogens (tertiary/aromatic N) is 8. The molecule has 5 aliphatic rings. The second-order valence-electron chi connectivity index (χ2n) is 34.4. The minimum Gasteiger partial charge on any atom is -0.457 e. The zero-order valence-electron chi connectivity index (χ0n) is 76.9. The molecule has 0 unspecified atom stereocenters. The number of hydrogen-bond donors (Lipinski definition) is 0. The van der Waals surface area contributed by atoms with Crippen LogP contribution in [0, 0.1) is 0 Å². The fourth-order valence-corrected chi connectivity index (χ4v) is 16.6. The van der Waals surface area contributed by atoms with Crippen molar-refractivity contribution in [1.82, 2.24) is 0 Å². The molecule has 0 spiro atoms. The summed E-state index contributed by atoms with van der Waals surface area (Å²) in [5.74, 6) is 8.93. The van der Waals surface area contributed by atoms with E-state index in [1.165, 1.54) is 151 Å². The highest BCUT2D eigenvalue weighted by Gasteiger charge is 2.33. The van der Waals surface area contributed by atoms with Gasteiger partial charge in [-0.2, -0.15) is 0 Å². The molecule has 12 heteroatoms. The molecule has 0 fully saturated rings. The number of rotatable bonds is 56. The average Bonchev–Trinajstić information content (AvgIpc) is 1.60. The van der Waals surface area contributed by atoms with Gasteiger partial charge in [0.15, 0.2) is 46.7 Å². The van der Waals surface area contributed by atoms with E-state index < -0.39 is 0 Å². The van der Waals surface area contributed by atoms with E-state index in [4.69, 9.17) is 58.9 Å². The first-order valence-electron chi connectivity index (χ1n) is 48.9. The number of amidine groups is 8. The van der Waals surface area contributed by atoms with Gasteiger partial charge in [-0.3, -0.25) is 0 Å². The fourth-order valence-electron chi connectivity index (χ4n) is 16.6. The molecule has 8 aromatic rings. The molecule has 5 heterocycles. The van der Waals surface area contributed by atoms with Crippen LogP contribution in [-0.2, 0) is 25.7 Å². The quantitative estimate of drug-likeness (QED) is 0.0277. The third-order valence-corrected chi connectivity index (χ3v) is 23.7. The minimum atomic E-state index is 0.408. The molecule has 0 aliphatic carbocycles. The van der Waals surface area contributed by atoms with Crippen molar-refractivity contribution in [3.05, 3.63) is 334 Å². The molecule has 0 N–H and O–H groups in total. The van der Waals surface area contributed by atoms with Crippen LogP contribution in [0.2, 0.25) is 0 Å². The highest BCUT2D eigenvalue weighted by Crippen LogP contribution is 2.38. The van der Waals surface area contributed by atoms with Gasteiger partial charge in [0.05, 0.1) is 0 Å². The molecular formula is C116H136N8O4. The molecule has 8 aromatic carbocycles. The lowest BCUT2D eigenvalue weighted by molar-refractivity contribution is 0.481. The van der Waals surface area contributed by atoms with Gasteiger partial charge in [-0.05, 0) is 298 Å². The van der Waals surface area contributed by atoms with Crippen molar-refractivity contribution in [3.63, 3.8) is 0 Å². The average molecular weight is 1710 g/mol. The van der Waals surface area contributed by atoms with Crippen molar-refractivity contribution < 1.29 is 18.9 Å². The van der Waals surface area contributed by atoms with E-state index >= 15 is 0 Å². The van der Waals surface area contributed by atoms with Crippen LogP contribution in [0.4, 0.5) is 0 Å². The number of unbranched alkanes of at least 4 members (excludes halogenated alkanes) is 24. The van der Waals surface area contributed by atoms with Crippen LogP contribution in [0.1, 0.15) is 326 Å². The standard InChI is InChI=1S/C116H136N8O4/c1-5-9-13-17-21-25-29-33-37-41-45-49-53-61-89-65-57-69-93(81-89)125-97-73-77-101-105(85-97)113-119-109(101)117-110-103-79-75-99(127-95-71-59-67-91(83-95)63-55-51-47-43-39-35-31-27-23-19-15-11-7-3)87-107(103)115(121-110)124-116-108-88-100(128-96-72-60-68-92(84-96)64-56-52-48-44-40-36-32-28-24-20-16-12-8-4)76-80-104(108)112(122-116)118-111-102-78-74-98(86-106(102)114(120-111)123-113)126-94-70-58-66-90(82-94)62-54-50-46-42-38-34-30-26-22-18-14-10-6-2/h13-20,25-32,57-60,65-88H,5-12,21-24,33-56,61-64H2,1-4H3/b17-13+,18-14+,19-15+,20-16+,29-25+,30-26+,31-27+,32-28+,117-109?,117-110?,118-111?,118-112?,123-113?,123-114?,124-115?,124-116?. The normalized spacial score (nSPS) is 13.9. The predicted molar refractivity (Wildman–Crippen MR) is 541 cm³/mol. The third-order valence-electron chi connectivity index (χ3n) is 23.7. The Morgan fingerprint density at radius 3 is 0.586 bits per heavy atom. The monoisotopic (exact) mass is 1710 g/mol. The number of benzene rings is 8. The molecule has 0 radical (unpaired) electrons. The van der Waals surface area contributed by atoms with Crippen molar-refractivity contribution in [2.75, 3.05) is 0 Å². The van der Waals surface area contributed by atoms with Crippen molar-refractivity contribution in [1.29, 1.82) is 0 Å². The Morgan fingerprint density at radius 2 is 0.367 bits per heavy atom. The summed E-state index contributed by atoms with van der Waals surface area (Å²) >= 11 is 0. The van der Waals surface area contributed by atoms with Crippen LogP contribution in [0.3, 0.4) is 0 Å². The first-order chi connectivity index (χ1) is 63.3. The van der Waals surface area contributed by atoms with Gasteiger partial charge < -0.3 is 18.9 Å². The number of fused-ring (bicyclic) bond motifs is 16. The maximum Gasteiger partial charge on any atom is 0.164 e. The van der Waals surface area contributed by atoms with Crippen molar-refractivity contribution >= 4 is 46.7 Å². The molecule has 0 saturated carbocycles. The van der Waals surface area contributed by atoms with E-state index in [0.717, 1.165) is 196 Å². The van der Waals surface area contributed by atoms with Crippen molar-refractivity contribution in [2.24, 2.45) is 39.9 Å². The van der Waals surface area contributed by atoms with E-state index in [2.05, 4.69) is 198 Å². The van der Waals surface area contributed by atoms with E-state index in [9.17, 15) is 0 Å². The lowest BCUT2D eigenvalue weighted by atomic mass is 10.0. The largest absolute Gasteiger partial charge is 0.457 e. The second kappa shape index (κ2) is 53.1. The number of aryl methyl sites for hydroxylation is 4. The summed E-state index contributed by atoms with van der Waals surface area (Å²) in [5, 5.41) is 0. The van der Waals surface area contributed by atoms with E-state index in [1.54, 1.807) is 0 Å². The third kappa shape index (κ3) is 30.2. The van der Waals surface area contributed by atoms with Crippen molar-refractivity contribution in [2.45, 2.75) is 285 Å². The highest BCUT2D eigenvalue weighted by molar-refractivity contribution is 6.35. The number of hydrogen-bond acceptors (Lipinski definition) is 12. The fraction of sp³-hybridized carbons (Fsp3) is 0.379. The smallest absolute Gasteiger partial charge is 0.164 e. The second-order valence-corrected chi connectivity index (χ2v) is 34.4. The number of ether oxygens (including phenoxy) is 4. The Morgan fingerprint density at radius 1 is 0.180 bits per heavy atom. The molecule has 12 nitrogen and oxygen atoms in total.